The van der Waals surface area contributed by atoms with Crippen LogP contribution in [0.4, 0.5) is 0 Å². The van der Waals surface area contributed by atoms with Crippen molar-refractivity contribution in [2.45, 2.75) is 0 Å². The molecule has 0 saturated heterocycles. The molecule has 0 atom stereocenters. The fraction of sp³-hybridized carbons (Fsp3) is 0. The van der Waals surface area contributed by atoms with Crippen molar-refractivity contribution >= 4 is 65.4 Å². The molecule has 10 aromatic rings. The molecule has 3 heteroatoms. The molecule has 0 amide bonds. The Morgan fingerprint density at radius 1 is 0.311 bits per heavy atom. The maximum atomic E-state index is 8.95. The zero-order valence-electron chi connectivity index (χ0n) is 31.8. The minimum atomic E-state index is -0.462. The Morgan fingerprint density at radius 3 is 1.29 bits per heavy atom. The molecule has 210 valence electrons. The molecule has 0 spiro atoms. The van der Waals surface area contributed by atoms with E-state index >= 15 is 0 Å². The lowest BCUT2D eigenvalue weighted by Gasteiger charge is -2.11. The summed E-state index contributed by atoms with van der Waals surface area (Å²) >= 11 is 0. The van der Waals surface area contributed by atoms with E-state index in [-0.39, 0.29) is 46.0 Å². The van der Waals surface area contributed by atoms with Gasteiger partial charge >= 0.3 is 0 Å². The molecule has 3 nitrogen and oxygen atoms in total. The molecule has 3 heterocycles. The van der Waals surface area contributed by atoms with Crippen molar-refractivity contribution in [3.8, 4) is 17.1 Å². The number of fused-ring (bicyclic) bond motifs is 9. The molecule has 0 aliphatic heterocycles. The molecule has 45 heavy (non-hydrogen) atoms. The van der Waals surface area contributed by atoms with Crippen molar-refractivity contribution in [1.29, 1.82) is 0 Å². The van der Waals surface area contributed by atoms with Gasteiger partial charge in [0, 0.05) is 49.4 Å². The quantitative estimate of drug-likeness (QED) is 0.197. The molecule has 0 unspecified atom stereocenters. The van der Waals surface area contributed by atoms with Gasteiger partial charge in [-0.1, -0.05) is 90.9 Å². The highest BCUT2D eigenvalue weighted by atomic mass is 15.0. The van der Waals surface area contributed by atoms with Crippen LogP contribution in [-0.2, 0) is 0 Å². The first-order chi connectivity index (χ1) is 25.7. The summed E-state index contributed by atoms with van der Waals surface area (Å²) in [6.07, 6.45) is 0. The molecule has 10 rings (SSSR count). The van der Waals surface area contributed by atoms with Gasteiger partial charge in [-0.05, 0) is 72.7 Å². The van der Waals surface area contributed by atoms with E-state index in [0.717, 1.165) is 55.0 Å². The van der Waals surface area contributed by atoms with Crippen LogP contribution in [0.15, 0.2) is 164 Å². The van der Waals surface area contributed by atoms with Gasteiger partial charge in [0.05, 0.1) is 44.1 Å². The second-order valence-electron chi connectivity index (χ2n) is 11.2. The van der Waals surface area contributed by atoms with Gasteiger partial charge in [0.2, 0.25) is 0 Å². The molecule has 0 saturated carbocycles. The Labute approximate surface area is 270 Å². The SMILES string of the molecule is [2H]c1c([2H])c([2H])c2c(c1[2H])c1c([2H])c([2H])c([2H])c([2H])c1n2-c1ccc2c(c1)c1ccccc1n2-c1ccc2c(c1)c1ccccc1n2-c1ccccc1. The second kappa shape index (κ2) is 9.22. The number of rotatable bonds is 3. The minimum absolute atomic E-state index is 0.0588. The van der Waals surface area contributed by atoms with Crippen molar-refractivity contribution in [2.24, 2.45) is 0 Å². The zero-order chi connectivity index (χ0) is 36.4. The molecule has 0 N–H and O–H groups in total. The van der Waals surface area contributed by atoms with Crippen LogP contribution in [0.2, 0.25) is 0 Å². The summed E-state index contributed by atoms with van der Waals surface area (Å²) in [5.74, 6) is 0. The largest absolute Gasteiger partial charge is 0.309 e. The van der Waals surface area contributed by atoms with E-state index < -0.39 is 24.2 Å². The van der Waals surface area contributed by atoms with Crippen LogP contribution in [0.25, 0.3) is 82.5 Å². The van der Waals surface area contributed by atoms with Crippen LogP contribution in [0.3, 0.4) is 0 Å². The third-order valence-corrected chi connectivity index (χ3v) is 8.88. The molecular formula is C42H27N3. The van der Waals surface area contributed by atoms with Gasteiger partial charge in [0.1, 0.15) is 0 Å². The lowest BCUT2D eigenvalue weighted by Crippen LogP contribution is -1.96. The van der Waals surface area contributed by atoms with E-state index in [1.54, 1.807) is 4.57 Å². The summed E-state index contributed by atoms with van der Waals surface area (Å²) in [4.78, 5) is 0. The fourth-order valence-electron chi connectivity index (χ4n) is 7.01. The highest BCUT2D eigenvalue weighted by Crippen LogP contribution is 2.39. The van der Waals surface area contributed by atoms with E-state index in [1.807, 2.05) is 54.6 Å². The molecule has 3 aromatic heterocycles. The Kier molecular flexibility index (Phi) is 3.67. The topological polar surface area (TPSA) is 14.8 Å². The van der Waals surface area contributed by atoms with Gasteiger partial charge in [0.15, 0.2) is 0 Å². The summed E-state index contributed by atoms with van der Waals surface area (Å²) in [5, 5.41) is 4.20. The van der Waals surface area contributed by atoms with Gasteiger partial charge in [-0.2, -0.15) is 0 Å². The monoisotopic (exact) mass is 581 g/mol. The summed E-state index contributed by atoms with van der Waals surface area (Å²) in [6, 6.07) is 35.9. The molecule has 0 bridgehead atoms. The fourth-order valence-corrected chi connectivity index (χ4v) is 7.01. The molecular weight excluding hydrogens is 546 g/mol. The van der Waals surface area contributed by atoms with Crippen LogP contribution in [0, 0.1) is 0 Å². The Balaban J connectivity index is 1.28. The van der Waals surface area contributed by atoms with Gasteiger partial charge in [-0.25, -0.2) is 0 Å². The number of aromatic nitrogens is 3. The summed E-state index contributed by atoms with van der Waals surface area (Å²) in [6.45, 7) is 0. The van der Waals surface area contributed by atoms with Gasteiger partial charge in [-0.3, -0.25) is 0 Å². The van der Waals surface area contributed by atoms with Crippen LogP contribution in [0.5, 0.6) is 0 Å². The average Bonchev–Trinajstić information content (AvgIpc) is 3.84. The number of hydrogen-bond acceptors (Lipinski definition) is 0. The Morgan fingerprint density at radius 2 is 0.733 bits per heavy atom. The van der Waals surface area contributed by atoms with Crippen LogP contribution in [-0.4, -0.2) is 13.7 Å². The van der Waals surface area contributed by atoms with Crippen molar-refractivity contribution in [2.75, 3.05) is 0 Å². The normalized spacial score (nSPS) is 14.5. The summed E-state index contributed by atoms with van der Waals surface area (Å²) in [5.41, 5.74) is 6.83. The first kappa shape index (κ1) is 17.9. The lowest BCUT2D eigenvalue weighted by atomic mass is 10.1. The maximum absolute atomic E-state index is 8.95. The van der Waals surface area contributed by atoms with E-state index in [0.29, 0.717) is 5.69 Å². The Bertz CT molecular complexity index is 3130. The predicted octanol–water partition coefficient (Wildman–Crippen LogP) is 11.0. The van der Waals surface area contributed by atoms with Gasteiger partial charge in [0.25, 0.3) is 0 Å². The van der Waals surface area contributed by atoms with E-state index in [4.69, 9.17) is 11.0 Å². The highest BCUT2D eigenvalue weighted by molar-refractivity contribution is 6.13. The zero-order valence-corrected chi connectivity index (χ0v) is 23.8. The second-order valence-corrected chi connectivity index (χ2v) is 11.2. The predicted molar refractivity (Wildman–Crippen MR) is 189 cm³/mol. The third-order valence-electron chi connectivity index (χ3n) is 8.88. The van der Waals surface area contributed by atoms with Crippen molar-refractivity contribution in [3.63, 3.8) is 0 Å². The van der Waals surface area contributed by atoms with Crippen molar-refractivity contribution in [1.82, 2.24) is 13.7 Å². The summed E-state index contributed by atoms with van der Waals surface area (Å²) in [7, 11) is 0. The average molecular weight is 582 g/mol. The number of benzene rings is 7. The summed E-state index contributed by atoms with van der Waals surface area (Å²) < 4.78 is 75.4. The molecule has 0 aliphatic rings. The molecule has 7 aromatic carbocycles. The van der Waals surface area contributed by atoms with Crippen molar-refractivity contribution in [3.05, 3.63) is 164 Å². The number of para-hydroxylation sites is 5. The van der Waals surface area contributed by atoms with Crippen molar-refractivity contribution < 1.29 is 11.0 Å². The minimum Gasteiger partial charge on any atom is -0.309 e. The van der Waals surface area contributed by atoms with E-state index in [2.05, 4.69) is 69.8 Å². The van der Waals surface area contributed by atoms with Crippen LogP contribution < -0.4 is 0 Å². The molecule has 0 fully saturated rings. The number of hydrogen-bond donors (Lipinski definition) is 0. The molecule has 0 radical (unpaired) electrons. The van der Waals surface area contributed by atoms with Crippen LogP contribution in [0.1, 0.15) is 11.0 Å². The first-order valence-electron chi connectivity index (χ1n) is 18.8. The van der Waals surface area contributed by atoms with Gasteiger partial charge < -0.3 is 13.7 Å². The number of nitrogens with zero attached hydrogens (tertiary/aromatic N) is 3. The van der Waals surface area contributed by atoms with E-state index in [9.17, 15) is 0 Å². The van der Waals surface area contributed by atoms with Crippen LogP contribution >= 0.6 is 0 Å². The highest BCUT2D eigenvalue weighted by Gasteiger charge is 2.18. The lowest BCUT2D eigenvalue weighted by molar-refractivity contribution is 1.16. The first-order valence-corrected chi connectivity index (χ1v) is 14.8. The molecule has 0 aliphatic carbocycles. The smallest absolute Gasteiger partial charge is 0.0645 e. The standard InChI is InChI=1S/C42H27N3/c1-2-12-28(13-3-1)43-39-20-10-6-16-33(39)35-27-30(22-24-41(35)43)45-40-21-11-7-17-34(40)36-26-29(23-25-42(36)45)44-37-18-8-4-14-31(37)32-15-5-9-19-38(32)44/h1-27H/i4D,5D,8D,9D,14D,15D,18D,19D. The van der Waals surface area contributed by atoms with E-state index in [1.165, 1.54) is 0 Å². The Hall–Kier alpha value is -6.06. The third kappa shape index (κ3) is 3.41. The van der Waals surface area contributed by atoms with Gasteiger partial charge in [-0.15, -0.1) is 0 Å². The maximum Gasteiger partial charge on any atom is 0.0645 e.